The zero-order valence-electron chi connectivity index (χ0n) is 14.6. The topological polar surface area (TPSA) is 50.4 Å². The van der Waals surface area contributed by atoms with E-state index in [2.05, 4.69) is 19.2 Å². The summed E-state index contributed by atoms with van der Waals surface area (Å²) < 4.78 is 0. The van der Waals surface area contributed by atoms with E-state index in [1.807, 2.05) is 0 Å². The SMILES string of the molecule is CCCCCCC1C(CCC)CC2CCC3NC(N)=NC1C23. The Balaban J connectivity index is 1.74. The van der Waals surface area contributed by atoms with Gasteiger partial charge in [-0.2, -0.15) is 0 Å². The van der Waals surface area contributed by atoms with Gasteiger partial charge in [-0.1, -0.05) is 52.4 Å². The first-order valence-electron chi connectivity index (χ1n) is 9.84. The van der Waals surface area contributed by atoms with Gasteiger partial charge in [0.15, 0.2) is 5.96 Å². The second-order valence-corrected chi connectivity index (χ2v) is 7.97. The van der Waals surface area contributed by atoms with Crippen LogP contribution in [0.25, 0.3) is 0 Å². The molecule has 3 rings (SSSR count). The van der Waals surface area contributed by atoms with Crippen LogP contribution in [0.4, 0.5) is 0 Å². The van der Waals surface area contributed by atoms with Gasteiger partial charge in [-0.15, -0.1) is 0 Å². The molecule has 0 amide bonds. The number of guanidine groups is 1. The molecule has 2 saturated carbocycles. The molecule has 6 unspecified atom stereocenters. The molecule has 1 aliphatic heterocycles. The molecule has 0 spiro atoms. The van der Waals surface area contributed by atoms with Gasteiger partial charge in [0.25, 0.3) is 0 Å². The highest BCUT2D eigenvalue weighted by Crippen LogP contribution is 2.51. The monoisotopic (exact) mass is 305 g/mol. The Kier molecular flexibility index (Phi) is 5.30. The van der Waals surface area contributed by atoms with Gasteiger partial charge in [0.1, 0.15) is 0 Å². The van der Waals surface area contributed by atoms with Crippen LogP contribution in [0.3, 0.4) is 0 Å². The number of rotatable bonds is 7. The summed E-state index contributed by atoms with van der Waals surface area (Å²) in [6, 6.07) is 1.14. The average Bonchev–Trinajstić information content (AvgIpc) is 2.89. The van der Waals surface area contributed by atoms with Crippen molar-refractivity contribution in [1.29, 1.82) is 0 Å². The minimum absolute atomic E-state index is 0.519. The van der Waals surface area contributed by atoms with Gasteiger partial charge in [0.05, 0.1) is 6.04 Å². The molecule has 2 aliphatic carbocycles. The van der Waals surface area contributed by atoms with Crippen molar-refractivity contribution in [3.8, 4) is 0 Å². The summed E-state index contributed by atoms with van der Waals surface area (Å²) in [6.45, 7) is 4.64. The zero-order chi connectivity index (χ0) is 15.5. The molecule has 0 saturated heterocycles. The third kappa shape index (κ3) is 3.14. The number of nitrogens with one attached hydrogen (secondary N) is 1. The van der Waals surface area contributed by atoms with E-state index in [4.69, 9.17) is 10.7 Å². The van der Waals surface area contributed by atoms with Crippen LogP contribution >= 0.6 is 0 Å². The summed E-state index contributed by atoms with van der Waals surface area (Å²) in [5, 5.41) is 3.48. The Labute approximate surface area is 136 Å². The van der Waals surface area contributed by atoms with Crippen LogP contribution in [0.1, 0.15) is 78.1 Å². The van der Waals surface area contributed by atoms with Gasteiger partial charge >= 0.3 is 0 Å². The molecule has 22 heavy (non-hydrogen) atoms. The van der Waals surface area contributed by atoms with E-state index in [9.17, 15) is 0 Å². The molecule has 6 atom stereocenters. The van der Waals surface area contributed by atoms with Crippen LogP contribution in [-0.4, -0.2) is 18.0 Å². The van der Waals surface area contributed by atoms with Gasteiger partial charge in [-0.3, -0.25) is 0 Å². The molecule has 3 aliphatic rings. The summed E-state index contributed by atoms with van der Waals surface area (Å²) in [5.41, 5.74) is 6.12. The highest BCUT2D eigenvalue weighted by atomic mass is 15.2. The van der Waals surface area contributed by atoms with Crippen molar-refractivity contribution in [3.63, 3.8) is 0 Å². The Bertz CT molecular complexity index is 392. The average molecular weight is 306 g/mol. The van der Waals surface area contributed by atoms with E-state index in [1.54, 1.807) is 0 Å². The van der Waals surface area contributed by atoms with Crippen molar-refractivity contribution in [2.45, 2.75) is 90.1 Å². The maximum absolute atomic E-state index is 6.12. The van der Waals surface area contributed by atoms with Gasteiger partial charge in [0.2, 0.25) is 0 Å². The zero-order valence-corrected chi connectivity index (χ0v) is 14.6. The Hall–Kier alpha value is -0.730. The van der Waals surface area contributed by atoms with Crippen LogP contribution in [-0.2, 0) is 0 Å². The van der Waals surface area contributed by atoms with Crippen LogP contribution in [0.2, 0.25) is 0 Å². The van der Waals surface area contributed by atoms with Crippen LogP contribution < -0.4 is 11.1 Å². The quantitative estimate of drug-likeness (QED) is 0.696. The number of aliphatic imine (C=N–C) groups is 1. The van der Waals surface area contributed by atoms with Crippen LogP contribution in [0.5, 0.6) is 0 Å². The lowest BCUT2D eigenvalue weighted by Crippen LogP contribution is -2.56. The molecule has 126 valence electrons. The smallest absolute Gasteiger partial charge is 0.189 e. The van der Waals surface area contributed by atoms with Crippen LogP contribution in [0.15, 0.2) is 4.99 Å². The second kappa shape index (κ2) is 7.23. The van der Waals surface area contributed by atoms with E-state index >= 15 is 0 Å². The maximum atomic E-state index is 6.12. The first-order valence-corrected chi connectivity index (χ1v) is 9.84. The van der Waals surface area contributed by atoms with E-state index < -0.39 is 0 Å². The normalized spacial score (nSPS) is 40.0. The molecule has 2 fully saturated rings. The Morgan fingerprint density at radius 2 is 1.95 bits per heavy atom. The fraction of sp³-hybridized carbons (Fsp3) is 0.947. The minimum Gasteiger partial charge on any atom is -0.370 e. The second-order valence-electron chi connectivity index (χ2n) is 7.97. The highest BCUT2D eigenvalue weighted by Gasteiger charge is 2.51. The van der Waals surface area contributed by atoms with Gasteiger partial charge in [-0.05, 0) is 43.4 Å². The molecule has 3 N–H and O–H groups in total. The Morgan fingerprint density at radius 1 is 1.09 bits per heavy atom. The lowest BCUT2D eigenvalue weighted by atomic mass is 9.63. The number of unbranched alkanes of at least 4 members (excludes halogenated alkanes) is 3. The van der Waals surface area contributed by atoms with Crippen molar-refractivity contribution in [2.24, 2.45) is 34.4 Å². The summed E-state index contributed by atoms with van der Waals surface area (Å²) in [5.74, 6) is 4.09. The first kappa shape index (κ1) is 16.1. The Morgan fingerprint density at radius 3 is 2.73 bits per heavy atom. The predicted molar refractivity (Wildman–Crippen MR) is 93.8 cm³/mol. The molecule has 3 nitrogen and oxygen atoms in total. The van der Waals surface area contributed by atoms with E-state index in [1.165, 1.54) is 64.2 Å². The summed E-state index contributed by atoms with van der Waals surface area (Å²) >= 11 is 0. The molecular formula is C19H35N3. The van der Waals surface area contributed by atoms with Gasteiger partial charge in [0, 0.05) is 12.0 Å². The van der Waals surface area contributed by atoms with Crippen molar-refractivity contribution in [3.05, 3.63) is 0 Å². The van der Waals surface area contributed by atoms with Crippen molar-refractivity contribution in [1.82, 2.24) is 5.32 Å². The standard InChI is InChI=1S/C19H35N3/c1-3-5-6-7-9-15-13(8-4-2)12-14-10-11-16-17(14)18(15)22-19(20)21-16/h13-18H,3-12H2,1-2H3,(H3,20,21,22). The fourth-order valence-corrected chi connectivity index (χ4v) is 5.68. The minimum atomic E-state index is 0.519. The maximum Gasteiger partial charge on any atom is 0.189 e. The molecule has 0 radical (unpaired) electrons. The van der Waals surface area contributed by atoms with E-state index in [0.717, 1.165) is 29.6 Å². The lowest BCUT2D eigenvalue weighted by Gasteiger charge is -2.47. The number of nitrogens with two attached hydrogens (primary N) is 1. The summed E-state index contributed by atoms with van der Waals surface area (Å²) in [6.07, 6.45) is 13.8. The van der Waals surface area contributed by atoms with Crippen molar-refractivity contribution in [2.75, 3.05) is 0 Å². The molecule has 0 aromatic heterocycles. The fourth-order valence-electron chi connectivity index (χ4n) is 5.68. The number of nitrogens with zero attached hydrogens (tertiary/aromatic N) is 1. The van der Waals surface area contributed by atoms with Gasteiger partial charge < -0.3 is 11.1 Å². The summed E-state index contributed by atoms with van der Waals surface area (Å²) in [4.78, 5) is 4.94. The third-order valence-corrected chi connectivity index (χ3v) is 6.57. The number of hydrogen-bond donors (Lipinski definition) is 2. The molecule has 0 bridgehead atoms. The summed E-state index contributed by atoms with van der Waals surface area (Å²) in [7, 11) is 0. The van der Waals surface area contributed by atoms with Crippen LogP contribution in [0, 0.1) is 23.7 Å². The number of hydrogen-bond acceptors (Lipinski definition) is 3. The largest absolute Gasteiger partial charge is 0.370 e. The highest BCUT2D eigenvalue weighted by molar-refractivity contribution is 5.79. The van der Waals surface area contributed by atoms with Crippen molar-refractivity contribution >= 4 is 5.96 Å². The van der Waals surface area contributed by atoms with E-state index in [0.29, 0.717) is 12.1 Å². The molecule has 1 heterocycles. The van der Waals surface area contributed by atoms with Crippen molar-refractivity contribution < 1.29 is 0 Å². The third-order valence-electron chi connectivity index (χ3n) is 6.57. The molecule has 0 aromatic rings. The first-order chi connectivity index (χ1) is 10.7. The van der Waals surface area contributed by atoms with E-state index in [-0.39, 0.29) is 0 Å². The molecular weight excluding hydrogens is 270 g/mol. The predicted octanol–water partition coefficient (Wildman–Crippen LogP) is 4.07. The molecule has 0 aromatic carbocycles. The molecule has 3 heteroatoms. The lowest BCUT2D eigenvalue weighted by molar-refractivity contribution is 0.0749. The van der Waals surface area contributed by atoms with Gasteiger partial charge in [-0.25, -0.2) is 4.99 Å².